The van der Waals surface area contributed by atoms with Crippen molar-refractivity contribution in [3.8, 4) is 0 Å². The maximum atomic E-state index is 11.5. The summed E-state index contributed by atoms with van der Waals surface area (Å²) >= 11 is 0. The first-order chi connectivity index (χ1) is 8.22. The van der Waals surface area contributed by atoms with Gasteiger partial charge in [-0.3, -0.25) is 9.59 Å². The summed E-state index contributed by atoms with van der Waals surface area (Å²) in [6, 6.07) is 0. The van der Waals surface area contributed by atoms with Gasteiger partial charge in [-0.25, -0.2) is 0 Å². The lowest BCUT2D eigenvalue weighted by Crippen LogP contribution is -2.49. The predicted molar refractivity (Wildman–Crippen MR) is 57.5 cm³/mol. The number of ketones is 1. The van der Waals surface area contributed by atoms with Crippen LogP contribution in [0.25, 0.3) is 0 Å². The minimum absolute atomic E-state index is 0.527. The number of Topliss-reactive ketones (excluding diaryl/α,β-unsaturated/α-hetero) is 1. The SMILES string of the molecule is CC(CC(=O)O)C(=O)[C@H](O)[C@@H](O)[C@H](O)[C@H](O)CO. The lowest BCUT2D eigenvalue weighted by molar-refractivity contribution is -0.153. The van der Waals surface area contributed by atoms with Crippen molar-refractivity contribution < 1.29 is 40.2 Å². The highest BCUT2D eigenvalue weighted by Crippen LogP contribution is 2.12. The van der Waals surface area contributed by atoms with Crippen LogP contribution >= 0.6 is 0 Å². The molecular weight excluding hydrogens is 248 g/mol. The number of aliphatic carboxylic acids is 1. The molecular formula is C10H18O8. The smallest absolute Gasteiger partial charge is 0.304 e. The molecule has 0 aliphatic heterocycles. The Kier molecular flexibility index (Phi) is 6.96. The van der Waals surface area contributed by atoms with Crippen molar-refractivity contribution in [2.45, 2.75) is 37.8 Å². The second-order valence-electron chi connectivity index (χ2n) is 4.08. The molecule has 1 unspecified atom stereocenters. The van der Waals surface area contributed by atoms with E-state index in [2.05, 4.69) is 0 Å². The number of hydrogen-bond donors (Lipinski definition) is 6. The van der Waals surface area contributed by atoms with Gasteiger partial charge in [0, 0.05) is 5.92 Å². The third-order valence-corrected chi connectivity index (χ3v) is 2.51. The molecule has 0 aromatic rings. The molecule has 0 aromatic carbocycles. The van der Waals surface area contributed by atoms with Crippen LogP contribution in [-0.2, 0) is 9.59 Å². The van der Waals surface area contributed by atoms with Crippen molar-refractivity contribution in [1.82, 2.24) is 0 Å². The summed E-state index contributed by atoms with van der Waals surface area (Å²) in [7, 11) is 0. The number of hydrogen-bond acceptors (Lipinski definition) is 7. The number of aliphatic hydroxyl groups excluding tert-OH is 5. The quantitative estimate of drug-likeness (QED) is 0.273. The van der Waals surface area contributed by atoms with Gasteiger partial charge in [-0.2, -0.15) is 0 Å². The molecule has 8 heteroatoms. The molecule has 5 atom stereocenters. The van der Waals surface area contributed by atoms with Crippen LogP contribution in [-0.4, -0.2) is 73.4 Å². The molecule has 0 fully saturated rings. The van der Waals surface area contributed by atoms with Gasteiger partial charge in [-0.1, -0.05) is 6.92 Å². The molecule has 0 aliphatic rings. The Hall–Kier alpha value is -1.06. The fourth-order valence-electron chi connectivity index (χ4n) is 1.34. The molecule has 0 bridgehead atoms. The van der Waals surface area contributed by atoms with Crippen molar-refractivity contribution >= 4 is 11.8 Å². The zero-order valence-corrected chi connectivity index (χ0v) is 9.80. The predicted octanol–water partition coefficient (Wildman–Crippen LogP) is -2.90. The number of aliphatic hydroxyl groups is 5. The highest BCUT2D eigenvalue weighted by atomic mass is 16.4. The lowest BCUT2D eigenvalue weighted by atomic mass is 9.92. The van der Waals surface area contributed by atoms with Gasteiger partial charge in [-0.05, 0) is 0 Å². The first-order valence-corrected chi connectivity index (χ1v) is 5.31. The Morgan fingerprint density at radius 3 is 1.94 bits per heavy atom. The van der Waals surface area contributed by atoms with Crippen LogP contribution in [0.4, 0.5) is 0 Å². The Bertz CT molecular complexity index is 292. The second-order valence-corrected chi connectivity index (χ2v) is 4.08. The van der Waals surface area contributed by atoms with Gasteiger partial charge >= 0.3 is 5.97 Å². The number of carbonyl (C=O) groups is 2. The standard InChI is InChI=1S/C10H18O8/c1-4(2-6(13)14)7(15)9(17)10(18)8(16)5(12)3-11/h4-5,8-12,16-18H,2-3H2,1H3,(H,13,14)/t4?,5-,8-,9+,10+/m1/s1. The van der Waals surface area contributed by atoms with Crippen molar-refractivity contribution in [3.05, 3.63) is 0 Å². The maximum absolute atomic E-state index is 11.5. The average Bonchev–Trinajstić information content (AvgIpc) is 2.33. The third kappa shape index (κ3) is 4.67. The summed E-state index contributed by atoms with van der Waals surface area (Å²) in [6.45, 7) is 0.394. The largest absolute Gasteiger partial charge is 0.481 e. The molecule has 0 saturated carbocycles. The van der Waals surface area contributed by atoms with Gasteiger partial charge in [0.1, 0.15) is 24.4 Å². The Balaban J connectivity index is 4.58. The second kappa shape index (κ2) is 7.39. The molecule has 0 rings (SSSR count). The molecule has 0 amide bonds. The Morgan fingerprint density at radius 2 is 1.56 bits per heavy atom. The molecule has 106 valence electrons. The molecule has 18 heavy (non-hydrogen) atoms. The number of rotatable bonds is 8. The summed E-state index contributed by atoms with van der Waals surface area (Å²) in [5, 5.41) is 54.2. The molecule has 8 nitrogen and oxygen atoms in total. The van der Waals surface area contributed by atoms with Gasteiger partial charge in [0.05, 0.1) is 13.0 Å². The summed E-state index contributed by atoms with van der Waals surface area (Å²) in [6.07, 6.45) is -8.18. The molecule has 0 radical (unpaired) electrons. The van der Waals surface area contributed by atoms with E-state index in [1.807, 2.05) is 0 Å². The highest BCUT2D eigenvalue weighted by molar-refractivity contribution is 5.88. The van der Waals surface area contributed by atoms with Gasteiger partial charge in [0.15, 0.2) is 5.78 Å². The number of carbonyl (C=O) groups excluding carboxylic acids is 1. The molecule has 0 spiro atoms. The number of carboxylic acids is 1. The van der Waals surface area contributed by atoms with Crippen LogP contribution in [0, 0.1) is 5.92 Å². The maximum Gasteiger partial charge on any atom is 0.304 e. The first-order valence-electron chi connectivity index (χ1n) is 5.31. The van der Waals surface area contributed by atoms with Crippen LogP contribution < -0.4 is 0 Å². The topological polar surface area (TPSA) is 156 Å². The zero-order valence-electron chi connectivity index (χ0n) is 9.80. The molecule has 0 aromatic heterocycles. The van der Waals surface area contributed by atoms with Crippen LogP contribution in [0.1, 0.15) is 13.3 Å². The van der Waals surface area contributed by atoms with Crippen molar-refractivity contribution in [1.29, 1.82) is 0 Å². The summed E-state index contributed by atoms with van der Waals surface area (Å²) in [4.78, 5) is 21.9. The van der Waals surface area contributed by atoms with Gasteiger partial charge in [-0.15, -0.1) is 0 Å². The van der Waals surface area contributed by atoms with Gasteiger partial charge in [0.25, 0.3) is 0 Å². The van der Waals surface area contributed by atoms with Gasteiger partial charge < -0.3 is 30.6 Å². The summed E-state index contributed by atoms with van der Waals surface area (Å²) in [5.41, 5.74) is 0. The molecule has 6 N–H and O–H groups in total. The Labute approximate surface area is 103 Å². The number of carboxylic acid groups (broad SMARTS) is 1. The first kappa shape index (κ1) is 16.9. The highest BCUT2D eigenvalue weighted by Gasteiger charge is 2.36. The van der Waals surface area contributed by atoms with Gasteiger partial charge in [0.2, 0.25) is 0 Å². The van der Waals surface area contributed by atoms with Crippen LogP contribution in [0.15, 0.2) is 0 Å². The van der Waals surface area contributed by atoms with Crippen molar-refractivity contribution in [3.63, 3.8) is 0 Å². The fraction of sp³-hybridized carbons (Fsp3) is 0.800. The minimum atomic E-state index is -2.03. The van der Waals surface area contributed by atoms with E-state index in [1.165, 1.54) is 6.92 Å². The lowest BCUT2D eigenvalue weighted by Gasteiger charge is -2.26. The average molecular weight is 266 g/mol. The van der Waals surface area contributed by atoms with E-state index < -0.39 is 55.1 Å². The van der Waals surface area contributed by atoms with E-state index in [1.54, 1.807) is 0 Å². The fourth-order valence-corrected chi connectivity index (χ4v) is 1.34. The molecule has 0 saturated heterocycles. The van der Waals surface area contributed by atoms with E-state index >= 15 is 0 Å². The molecule has 0 heterocycles. The van der Waals surface area contributed by atoms with Crippen molar-refractivity contribution in [2.24, 2.45) is 5.92 Å². The Morgan fingerprint density at radius 1 is 1.06 bits per heavy atom. The van der Waals surface area contributed by atoms with E-state index in [0.717, 1.165) is 0 Å². The van der Waals surface area contributed by atoms with Crippen LogP contribution in [0.2, 0.25) is 0 Å². The third-order valence-electron chi connectivity index (χ3n) is 2.51. The van der Waals surface area contributed by atoms with E-state index in [-0.39, 0.29) is 0 Å². The summed E-state index contributed by atoms with van der Waals surface area (Å²) < 4.78 is 0. The minimum Gasteiger partial charge on any atom is -0.481 e. The van der Waals surface area contributed by atoms with E-state index in [9.17, 15) is 24.9 Å². The van der Waals surface area contributed by atoms with Crippen LogP contribution in [0.3, 0.4) is 0 Å². The van der Waals surface area contributed by atoms with Crippen molar-refractivity contribution in [2.75, 3.05) is 6.61 Å². The normalized spacial score (nSPS) is 19.7. The zero-order chi connectivity index (χ0) is 14.5. The monoisotopic (exact) mass is 266 g/mol. The van der Waals surface area contributed by atoms with E-state index in [4.69, 9.17) is 15.3 Å². The molecule has 0 aliphatic carbocycles. The summed E-state index contributed by atoms with van der Waals surface area (Å²) in [5.74, 6) is -3.26. The van der Waals surface area contributed by atoms with Crippen LogP contribution in [0.5, 0.6) is 0 Å². The van der Waals surface area contributed by atoms with E-state index in [0.29, 0.717) is 0 Å².